The molecule has 0 amide bonds. The van der Waals surface area contributed by atoms with Crippen LogP contribution in [0.2, 0.25) is 0 Å². The molecule has 0 aliphatic carbocycles. The van der Waals surface area contributed by atoms with Gasteiger partial charge in [0.2, 0.25) is 0 Å². The van der Waals surface area contributed by atoms with Crippen LogP contribution in [0.5, 0.6) is 5.75 Å². The topological polar surface area (TPSA) is 187 Å². The number of nitro groups is 1. The summed E-state index contributed by atoms with van der Waals surface area (Å²) < 4.78 is 39.8. The first kappa shape index (κ1) is 45.5. The molecule has 15 heteroatoms. The smallest absolute Gasteiger partial charge is 0.323 e. The monoisotopic (exact) mass is 716 g/mol. The van der Waals surface area contributed by atoms with E-state index in [2.05, 4.69) is 5.09 Å². The number of carbonyl (C=O) groups is 4. The molecule has 1 N–H and O–H groups in total. The Bertz CT molecular complexity index is 1180. The predicted octanol–water partition coefficient (Wildman–Crippen LogP) is 7.17. The van der Waals surface area contributed by atoms with Gasteiger partial charge in [0, 0.05) is 12.1 Å². The molecule has 0 saturated heterocycles. The van der Waals surface area contributed by atoms with Gasteiger partial charge in [0.15, 0.2) is 0 Å². The number of unbranched alkanes of at least 4 members (excludes halogenated alkanes) is 3. The third-order valence-corrected chi connectivity index (χ3v) is 8.80. The van der Waals surface area contributed by atoms with Gasteiger partial charge in [-0.2, -0.15) is 0 Å². The first-order valence-electron chi connectivity index (χ1n) is 16.9. The van der Waals surface area contributed by atoms with Crippen LogP contribution in [-0.4, -0.2) is 66.4 Å². The van der Waals surface area contributed by atoms with Crippen LogP contribution < -0.4 is 9.61 Å². The van der Waals surface area contributed by atoms with Gasteiger partial charge in [0.05, 0.1) is 49.2 Å². The highest BCUT2D eigenvalue weighted by Crippen LogP contribution is 2.46. The molecular formula is C34H57N2O12P. The van der Waals surface area contributed by atoms with Crippen LogP contribution in [0.15, 0.2) is 24.3 Å². The molecule has 1 rings (SSSR count). The third kappa shape index (κ3) is 21.2. The van der Waals surface area contributed by atoms with Gasteiger partial charge in [-0.25, -0.2) is 5.09 Å². The van der Waals surface area contributed by atoms with Crippen molar-refractivity contribution < 1.29 is 52.1 Å². The average molecular weight is 717 g/mol. The maximum Gasteiger partial charge on any atom is 0.323 e. The summed E-state index contributed by atoms with van der Waals surface area (Å²) >= 11 is 0. The summed E-state index contributed by atoms with van der Waals surface area (Å²) in [4.78, 5) is 57.7. The van der Waals surface area contributed by atoms with Crippen LogP contribution in [0.25, 0.3) is 0 Å². The lowest BCUT2D eigenvalue weighted by Gasteiger charge is -2.25. The van der Waals surface area contributed by atoms with Gasteiger partial charge in [-0.15, -0.1) is 0 Å². The standard InChI is InChI=1S/C21H33N2O8P.C13H24O4/c1-5-7-13-29-20(24)16(3)15-32(28,22-17(4)21(25)30-14-8-6-2)31-19-11-9-18(10-12-19)23(26)27;1-6-7-8-16-12(15)10(2)9-11(14)17-13(3,4)5/h9-12,16-17H,5-8,13-15H2,1-4H3,(H,22,28);10H,6-9H2,1-5H3/t16-,17+,32?;10-/m11/s1. The van der Waals surface area contributed by atoms with E-state index in [0.29, 0.717) is 19.4 Å². The minimum absolute atomic E-state index is 0.0717. The Balaban J connectivity index is 0.00000114. The Hall–Kier alpha value is -3.51. The number of non-ortho nitro benzene ring substituents is 1. The highest BCUT2D eigenvalue weighted by Gasteiger charge is 2.35. The second-order valence-corrected chi connectivity index (χ2v) is 14.9. The first-order chi connectivity index (χ1) is 22.9. The van der Waals surface area contributed by atoms with Crippen molar-refractivity contribution in [3.05, 3.63) is 34.4 Å². The Labute approximate surface area is 291 Å². The summed E-state index contributed by atoms with van der Waals surface area (Å²) in [5.41, 5.74) is -0.663. The highest BCUT2D eigenvalue weighted by atomic mass is 31.2. The molecule has 1 aromatic rings. The van der Waals surface area contributed by atoms with Crippen molar-refractivity contribution in [2.24, 2.45) is 11.8 Å². The van der Waals surface area contributed by atoms with Gasteiger partial charge in [-0.3, -0.25) is 33.9 Å². The zero-order valence-corrected chi connectivity index (χ0v) is 31.5. The van der Waals surface area contributed by atoms with Crippen molar-refractivity contribution in [2.75, 3.05) is 26.0 Å². The molecule has 1 unspecified atom stereocenters. The lowest BCUT2D eigenvalue weighted by atomic mass is 10.1. The Morgan fingerprint density at radius 2 is 1.24 bits per heavy atom. The number of nitrogens with one attached hydrogen (secondary N) is 1. The van der Waals surface area contributed by atoms with Crippen molar-refractivity contribution in [1.29, 1.82) is 0 Å². The van der Waals surface area contributed by atoms with E-state index in [1.807, 2.05) is 20.8 Å². The van der Waals surface area contributed by atoms with Crippen LogP contribution in [0.1, 0.15) is 107 Å². The number of nitro benzene ring substituents is 1. The Morgan fingerprint density at radius 1 is 0.796 bits per heavy atom. The molecule has 0 heterocycles. The number of nitrogens with zero attached hydrogens (tertiary/aromatic N) is 1. The van der Waals surface area contributed by atoms with Gasteiger partial charge in [0.25, 0.3) is 5.69 Å². The summed E-state index contributed by atoms with van der Waals surface area (Å²) in [7, 11) is -3.80. The fraction of sp³-hybridized carbons (Fsp3) is 0.706. The summed E-state index contributed by atoms with van der Waals surface area (Å²) in [6, 6.07) is 4.08. The van der Waals surface area contributed by atoms with E-state index in [4.69, 9.17) is 23.5 Å². The normalized spacial score (nSPS) is 14.1. The number of benzene rings is 1. The lowest BCUT2D eigenvalue weighted by Crippen LogP contribution is -2.36. The van der Waals surface area contributed by atoms with Crippen LogP contribution >= 0.6 is 7.52 Å². The average Bonchev–Trinajstić information content (AvgIpc) is 3.00. The van der Waals surface area contributed by atoms with Crippen molar-refractivity contribution in [3.63, 3.8) is 0 Å². The molecule has 49 heavy (non-hydrogen) atoms. The summed E-state index contributed by atoms with van der Waals surface area (Å²) in [5, 5.41) is 13.5. The molecule has 0 aliphatic heterocycles. The number of esters is 4. The number of ether oxygens (including phenoxy) is 4. The van der Waals surface area contributed by atoms with E-state index in [1.165, 1.54) is 31.2 Å². The third-order valence-electron chi connectivity index (χ3n) is 6.48. The van der Waals surface area contributed by atoms with Crippen LogP contribution in [0, 0.1) is 22.0 Å². The SMILES string of the molecule is CCCCOC(=O)[C@H](C)CC(=O)OC(C)(C)C.CCCCOC(=O)[C@H](C)CP(=O)(N[C@@H](C)C(=O)OCCCC)Oc1ccc([N+](=O)[O-])cc1. The predicted molar refractivity (Wildman–Crippen MR) is 185 cm³/mol. The van der Waals surface area contributed by atoms with Gasteiger partial charge >= 0.3 is 31.4 Å². The van der Waals surface area contributed by atoms with E-state index >= 15 is 0 Å². The van der Waals surface area contributed by atoms with Crippen molar-refractivity contribution in [1.82, 2.24) is 5.09 Å². The zero-order chi connectivity index (χ0) is 37.6. The molecule has 0 saturated carbocycles. The molecule has 4 atom stereocenters. The van der Waals surface area contributed by atoms with E-state index in [0.717, 1.165) is 25.7 Å². The van der Waals surface area contributed by atoms with Gasteiger partial charge in [-0.05, 0) is 59.1 Å². The maximum atomic E-state index is 13.6. The quantitative estimate of drug-likeness (QED) is 0.0337. The van der Waals surface area contributed by atoms with Gasteiger partial charge < -0.3 is 23.5 Å². The van der Waals surface area contributed by atoms with E-state index in [1.54, 1.807) is 34.6 Å². The summed E-state index contributed by atoms with van der Waals surface area (Å²) in [6.45, 7) is 17.0. The van der Waals surface area contributed by atoms with Crippen LogP contribution in [-0.2, 0) is 42.7 Å². The zero-order valence-electron chi connectivity index (χ0n) is 30.6. The minimum Gasteiger partial charge on any atom is -0.465 e. The second-order valence-electron chi connectivity index (χ2n) is 12.7. The van der Waals surface area contributed by atoms with Crippen LogP contribution in [0.4, 0.5) is 5.69 Å². The fourth-order valence-corrected chi connectivity index (χ4v) is 6.04. The minimum atomic E-state index is -3.80. The van der Waals surface area contributed by atoms with Crippen LogP contribution in [0.3, 0.4) is 0 Å². The molecule has 0 aliphatic rings. The first-order valence-corrected chi connectivity index (χ1v) is 18.7. The summed E-state index contributed by atoms with van der Waals surface area (Å²) in [5.74, 6) is -2.92. The van der Waals surface area contributed by atoms with E-state index < -0.39 is 47.9 Å². The Morgan fingerprint density at radius 3 is 1.67 bits per heavy atom. The number of carbonyl (C=O) groups excluding carboxylic acids is 4. The number of hydrogen-bond donors (Lipinski definition) is 1. The molecule has 1 aromatic carbocycles. The largest absolute Gasteiger partial charge is 0.465 e. The van der Waals surface area contributed by atoms with Crippen molar-refractivity contribution >= 4 is 37.1 Å². The molecule has 0 bridgehead atoms. The molecule has 0 spiro atoms. The summed E-state index contributed by atoms with van der Waals surface area (Å²) in [6.07, 6.45) is 4.81. The molecular weight excluding hydrogens is 659 g/mol. The second kappa shape index (κ2) is 23.8. The number of rotatable bonds is 21. The molecule has 0 fully saturated rings. The van der Waals surface area contributed by atoms with Crippen molar-refractivity contribution in [3.8, 4) is 5.75 Å². The van der Waals surface area contributed by atoms with E-state index in [-0.39, 0.29) is 49.2 Å². The Kier molecular flexibility index (Phi) is 22.1. The van der Waals surface area contributed by atoms with Gasteiger partial charge in [0.1, 0.15) is 17.4 Å². The molecule has 0 aromatic heterocycles. The molecule has 0 radical (unpaired) electrons. The lowest BCUT2D eigenvalue weighted by molar-refractivity contribution is -0.384. The maximum absolute atomic E-state index is 13.6. The fourth-order valence-electron chi connectivity index (χ4n) is 3.78. The number of hydrogen-bond acceptors (Lipinski definition) is 12. The van der Waals surface area contributed by atoms with E-state index in [9.17, 15) is 33.9 Å². The molecule has 14 nitrogen and oxygen atoms in total. The molecule has 280 valence electrons. The van der Waals surface area contributed by atoms with Crippen molar-refractivity contribution in [2.45, 2.75) is 119 Å². The highest BCUT2D eigenvalue weighted by molar-refractivity contribution is 7.57. The van der Waals surface area contributed by atoms with Gasteiger partial charge in [-0.1, -0.05) is 53.9 Å².